The van der Waals surface area contributed by atoms with Crippen molar-refractivity contribution in [2.45, 2.75) is 18.7 Å². The predicted molar refractivity (Wildman–Crippen MR) is 103 cm³/mol. The summed E-state index contributed by atoms with van der Waals surface area (Å²) in [6.07, 6.45) is 1.60. The number of ether oxygens (including phenoxy) is 1. The molecule has 0 aliphatic heterocycles. The fourth-order valence-electron chi connectivity index (χ4n) is 2.50. The number of nitrogens with two attached hydrogens (primary N) is 1. The first-order valence-electron chi connectivity index (χ1n) is 7.67. The van der Waals surface area contributed by atoms with E-state index in [4.69, 9.17) is 10.5 Å². The zero-order chi connectivity index (χ0) is 18.9. The van der Waals surface area contributed by atoms with Crippen LogP contribution in [0.5, 0.6) is 5.75 Å². The third-order valence-electron chi connectivity index (χ3n) is 3.78. The summed E-state index contributed by atoms with van der Waals surface area (Å²) in [7, 11) is -2.45. The number of methoxy groups -OCH3 is 1. The fraction of sp³-hybridized carbons (Fsp3) is 0.176. The average molecular weight is 390 g/mol. The minimum Gasteiger partial charge on any atom is -0.495 e. The van der Waals surface area contributed by atoms with Crippen LogP contribution in [0.4, 0.5) is 10.8 Å². The van der Waals surface area contributed by atoms with Crippen LogP contribution in [0.1, 0.15) is 11.4 Å². The average Bonchev–Trinajstić information content (AvgIpc) is 2.94. The highest BCUT2D eigenvalue weighted by atomic mass is 32.2. The van der Waals surface area contributed by atoms with E-state index >= 15 is 0 Å². The molecule has 136 valence electrons. The number of aromatic nitrogens is 2. The molecule has 0 saturated carbocycles. The summed E-state index contributed by atoms with van der Waals surface area (Å²) in [5.74, 6) is 0.248. The third-order valence-corrected chi connectivity index (χ3v) is 6.20. The molecule has 0 bridgehead atoms. The third kappa shape index (κ3) is 3.49. The number of hydrogen-bond acceptors (Lipinski definition) is 7. The Hall–Kier alpha value is -2.65. The van der Waals surface area contributed by atoms with Crippen molar-refractivity contribution in [3.05, 3.63) is 47.9 Å². The van der Waals surface area contributed by atoms with Crippen molar-refractivity contribution >= 4 is 32.2 Å². The molecule has 0 amide bonds. The van der Waals surface area contributed by atoms with Crippen molar-refractivity contribution in [2.75, 3.05) is 17.6 Å². The molecule has 0 unspecified atom stereocenters. The van der Waals surface area contributed by atoms with Gasteiger partial charge in [-0.25, -0.2) is 13.4 Å². The van der Waals surface area contributed by atoms with Gasteiger partial charge >= 0.3 is 0 Å². The van der Waals surface area contributed by atoms with Crippen LogP contribution in [0.25, 0.3) is 10.4 Å². The summed E-state index contributed by atoms with van der Waals surface area (Å²) in [6, 6.07) is 8.29. The zero-order valence-electron chi connectivity index (χ0n) is 14.5. The number of thiazole rings is 1. The monoisotopic (exact) mass is 390 g/mol. The van der Waals surface area contributed by atoms with Gasteiger partial charge in [0.2, 0.25) is 0 Å². The number of pyridine rings is 1. The molecule has 0 aliphatic rings. The lowest BCUT2D eigenvalue weighted by Crippen LogP contribution is -2.15. The van der Waals surface area contributed by atoms with Crippen LogP contribution >= 0.6 is 11.3 Å². The highest BCUT2D eigenvalue weighted by Gasteiger charge is 2.22. The van der Waals surface area contributed by atoms with E-state index in [2.05, 4.69) is 14.7 Å². The number of nitrogens with zero attached hydrogens (tertiary/aromatic N) is 2. The molecule has 9 heteroatoms. The summed E-state index contributed by atoms with van der Waals surface area (Å²) in [5.41, 5.74) is 8.21. The van der Waals surface area contributed by atoms with Crippen LogP contribution in [0.3, 0.4) is 0 Å². The first-order chi connectivity index (χ1) is 12.3. The lowest BCUT2D eigenvalue weighted by Gasteiger charge is -2.14. The second-order valence-corrected chi connectivity index (χ2v) is 8.26. The van der Waals surface area contributed by atoms with E-state index in [1.54, 1.807) is 43.5 Å². The van der Waals surface area contributed by atoms with E-state index in [0.29, 0.717) is 22.1 Å². The molecule has 0 atom stereocenters. The number of nitrogen functional groups attached to an aromatic ring is 1. The Morgan fingerprint density at radius 2 is 1.96 bits per heavy atom. The first kappa shape index (κ1) is 18.2. The van der Waals surface area contributed by atoms with Crippen molar-refractivity contribution in [2.24, 2.45) is 0 Å². The summed E-state index contributed by atoms with van der Waals surface area (Å²) < 4.78 is 33.7. The molecule has 0 radical (unpaired) electrons. The Bertz CT molecular complexity index is 1060. The van der Waals surface area contributed by atoms with Gasteiger partial charge in [-0.1, -0.05) is 11.3 Å². The summed E-state index contributed by atoms with van der Waals surface area (Å²) in [4.78, 5) is 9.15. The minimum absolute atomic E-state index is 0.0344. The van der Waals surface area contributed by atoms with Crippen LogP contribution in [0.2, 0.25) is 0 Å². The molecule has 26 heavy (non-hydrogen) atoms. The Balaban J connectivity index is 2.09. The number of benzene rings is 1. The smallest absolute Gasteiger partial charge is 0.265 e. The van der Waals surface area contributed by atoms with Crippen LogP contribution in [-0.2, 0) is 10.0 Å². The topological polar surface area (TPSA) is 107 Å². The molecule has 2 heterocycles. The lowest BCUT2D eigenvalue weighted by atomic mass is 10.1. The molecule has 0 aliphatic carbocycles. The van der Waals surface area contributed by atoms with Gasteiger partial charge in [-0.3, -0.25) is 9.71 Å². The second kappa shape index (κ2) is 6.93. The first-order valence-corrected chi connectivity index (χ1v) is 9.97. The maximum Gasteiger partial charge on any atom is 0.265 e. The summed E-state index contributed by atoms with van der Waals surface area (Å²) in [6.45, 7) is 3.56. The SMILES string of the molecule is COc1ccc(-c2sc(N)nc2C)cc1S(=O)(=O)Nc1cccnc1C. The van der Waals surface area contributed by atoms with E-state index in [9.17, 15) is 8.42 Å². The number of sulfonamides is 1. The molecular formula is C17H18N4O3S2. The van der Waals surface area contributed by atoms with Crippen molar-refractivity contribution in [1.29, 1.82) is 0 Å². The van der Waals surface area contributed by atoms with Gasteiger partial charge in [-0.05, 0) is 49.7 Å². The quantitative estimate of drug-likeness (QED) is 0.693. The van der Waals surface area contributed by atoms with E-state index < -0.39 is 10.0 Å². The van der Waals surface area contributed by atoms with Crippen LogP contribution in [0.15, 0.2) is 41.4 Å². The second-order valence-electron chi connectivity index (χ2n) is 5.57. The molecular weight excluding hydrogens is 372 g/mol. The molecule has 0 saturated heterocycles. The highest BCUT2D eigenvalue weighted by molar-refractivity contribution is 7.92. The zero-order valence-corrected chi connectivity index (χ0v) is 16.1. The number of anilines is 2. The molecule has 7 nitrogen and oxygen atoms in total. The number of nitrogens with one attached hydrogen (secondary N) is 1. The van der Waals surface area contributed by atoms with E-state index in [1.807, 2.05) is 6.92 Å². The van der Waals surface area contributed by atoms with E-state index in [0.717, 1.165) is 10.6 Å². The van der Waals surface area contributed by atoms with E-state index in [-0.39, 0.29) is 10.6 Å². The Kier molecular flexibility index (Phi) is 4.84. The van der Waals surface area contributed by atoms with Gasteiger partial charge in [0.25, 0.3) is 10.0 Å². The van der Waals surface area contributed by atoms with Gasteiger partial charge in [0, 0.05) is 6.20 Å². The maximum atomic E-state index is 13.0. The molecule has 3 aromatic rings. The van der Waals surface area contributed by atoms with Gasteiger partial charge in [0.1, 0.15) is 10.6 Å². The lowest BCUT2D eigenvalue weighted by molar-refractivity contribution is 0.403. The summed E-state index contributed by atoms with van der Waals surface area (Å²) >= 11 is 1.31. The minimum atomic E-state index is -3.88. The largest absolute Gasteiger partial charge is 0.495 e. The predicted octanol–water partition coefficient (Wildman–Crippen LogP) is 3.21. The summed E-state index contributed by atoms with van der Waals surface area (Å²) in [5, 5.41) is 0.432. The maximum absolute atomic E-state index is 13.0. The van der Waals surface area contributed by atoms with Gasteiger partial charge < -0.3 is 10.5 Å². The van der Waals surface area contributed by atoms with Crippen LogP contribution in [0, 0.1) is 13.8 Å². The number of hydrogen-bond donors (Lipinski definition) is 2. The van der Waals surface area contributed by atoms with Crippen molar-refractivity contribution in [3.8, 4) is 16.2 Å². The Labute approximate surface area is 155 Å². The number of rotatable bonds is 5. The molecule has 2 aromatic heterocycles. The highest BCUT2D eigenvalue weighted by Crippen LogP contribution is 2.36. The van der Waals surface area contributed by atoms with Crippen LogP contribution < -0.4 is 15.2 Å². The van der Waals surface area contributed by atoms with Crippen LogP contribution in [-0.4, -0.2) is 25.5 Å². The molecule has 3 N–H and O–H groups in total. The number of aryl methyl sites for hydroxylation is 2. The van der Waals surface area contributed by atoms with Gasteiger partial charge in [-0.2, -0.15) is 0 Å². The molecule has 0 fully saturated rings. The Morgan fingerprint density at radius 3 is 2.58 bits per heavy atom. The normalized spacial score (nSPS) is 11.3. The van der Waals surface area contributed by atoms with Crippen molar-refractivity contribution in [3.63, 3.8) is 0 Å². The van der Waals surface area contributed by atoms with Gasteiger partial charge in [-0.15, -0.1) is 0 Å². The molecule has 3 rings (SSSR count). The fourth-order valence-corrected chi connectivity index (χ4v) is 4.65. The van der Waals surface area contributed by atoms with Crippen molar-refractivity contribution in [1.82, 2.24) is 9.97 Å². The van der Waals surface area contributed by atoms with Gasteiger partial charge in [0.05, 0.1) is 29.1 Å². The Morgan fingerprint density at radius 1 is 1.19 bits per heavy atom. The standard InChI is InChI=1S/C17H18N4O3S2/c1-10-13(5-4-8-19-10)21-26(22,23)15-9-12(6-7-14(15)24-3)16-11(2)20-17(18)25-16/h4-9,21H,1-3H3,(H2,18,20). The van der Waals surface area contributed by atoms with E-state index in [1.165, 1.54) is 18.4 Å². The molecule has 0 spiro atoms. The van der Waals surface area contributed by atoms with Gasteiger partial charge in [0.15, 0.2) is 5.13 Å². The molecule has 1 aromatic carbocycles. The van der Waals surface area contributed by atoms with Crippen molar-refractivity contribution < 1.29 is 13.2 Å².